The summed E-state index contributed by atoms with van der Waals surface area (Å²) in [6, 6.07) is 18.5. The molecule has 0 saturated heterocycles. The third-order valence-electron chi connectivity index (χ3n) is 4.75. The van der Waals surface area contributed by atoms with Gasteiger partial charge in [-0.05, 0) is 43.2 Å². The topological polar surface area (TPSA) is 76.7 Å². The number of nitrogens with zero attached hydrogens (tertiary/aromatic N) is 3. The van der Waals surface area contributed by atoms with Gasteiger partial charge in [0.05, 0.1) is 16.9 Å². The fourth-order valence-corrected chi connectivity index (χ4v) is 3.09. The zero-order valence-corrected chi connectivity index (χ0v) is 15.3. The standard InChI is InChI=1S/C22H21N5/c1-14(16-6-4-3-5-7-16)27-22-19-10-17(8-9-21(19)25-13-26-22)18-11-20(23)15(2)24-12-18/h3-14H,23H2,1-2H3,(H,25,26,27). The third-order valence-corrected chi connectivity index (χ3v) is 4.75. The number of nitrogens with one attached hydrogen (secondary N) is 1. The van der Waals surface area contributed by atoms with E-state index in [-0.39, 0.29) is 6.04 Å². The van der Waals surface area contributed by atoms with Crippen molar-refractivity contribution >= 4 is 22.4 Å². The Morgan fingerprint density at radius 2 is 1.74 bits per heavy atom. The second-order valence-electron chi connectivity index (χ2n) is 6.63. The molecule has 0 aliphatic heterocycles. The van der Waals surface area contributed by atoms with Gasteiger partial charge >= 0.3 is 0 Å². The van der Waals surface area contributed by atoms with E-state index in [1.807, 2.05) is 49.5 Å². The van der Waals surface area contributed by atoms with E-state index in [1.54, 1.807) is 6.33 Å². The van der Waals surface area contributed by atoms with Crippen LogP contribution in [0.2, 0.25) is 0 Å². The summed E-state index contributed by atoms with van der Waals surface area (Å²) in [5, 5.41) is 4.48. The lowest BCUT2D eigenvalue weighted by molar-refractivity contribution is 0.876. The van der Waals surface area contributed by atoms with Crippen molar-refractivity contribution in [3.63, 3.8) is 0 Å². The number of benzene rings is 2. The highest BCUT2D eigenvalue weighted by Gasteiger charge is 2.11. The van der Waals surface area contributed by atoms with Crippen molar-refractivity contribution in [2.24, 2.45) is 0 Å². The minimum Gasteiger partial charge on any atom is -0.397 e. The summed E-state index contributed by atoms with van der Waals surface area (Å²) in [6.07, 6.45) is 3.43. The van der Waals surface area contributed by atoms with Gasteiger partial charge in [-0.3, -0.25) is 4.98 Å². The summed E-state index contributed by atoms with van der Waals surface area (Å²) in [4.78, 5) is 13.2. The maximum atomic E-state index is 6.03. The van der Waals surface area contributed by atoms with E-state index >= 15 is 0 Å². The number of aryl methyl sites for hydroxylation is 1. The van der Waals surface area contributed by atoms with Crippen molar-refractivity contribution in [2.45, 2.75) is 19.9 Å². The smallest absolute Gasteiger partial charge is 0.137 e. The second kappa shape index (κ2) is 7.03. The Labute approximate surface area is 158 Å². The summed E-state index contributed by atoms with van der Waals surface area (Å²) < 4.78 is 0. The fourth-order valence-electron chi connectivity index (χ4n) is 3.09. The quantitative estimate of drug-likeness (QED) is 0.552. The van der Waals surface area contributed by atoms with E-state index in [0.29, 0.717) is 5.69 Å². The first-order chi connectivity index (χ1) is 13.1. The van der Waals surface area contributed by atoms with Gasteiger partial charge in [0.2, 0.25) is 0 Å². The Bertz CT molecular complexity index is 1090. The molecule has 0 fully saturated rings. The molecule has 2 aromatic heterocycles. The van der Waals surface area contributed by atoms with Crippen LogP contribution in [0.25, 0.3) is 22.0 Å². The number of nitrogen functional groups attached to an aromatic ring is 1. The van der Waals surface area contributed by atoms with Gasteiger partial charge in [0.25, 0.3) is 0 Å². The van der Waals surface area contributed by atoms with Gasteiger partial charge in [0, 0.05) is 23.2 Å². The van der Waals surface area contributed by atoms with Crippen LogP contribution < -0.4 is 11.1 Å². The lowest BCUT2D eigenvalue weighted by Gasteiger charge is -2.16. The minimum atomic E-state index is 0.129. The van der Waals surface area contributed by atoms with Gasteiger partial charge in [-0.2, -0.15) is 0 Å². The van der Waals surface area contributed by atoms with Crippen LogP contribution in [0.15, 0.2) is 67.1 Å². The first-order valence-corrected chi connectivity index (χ1v) is 8.90. The molecular weight excluding hydrogens is 334 g/mol. The van der Waals surface area contributed by atoms with E-state index in [9.17, 15) is 0 Å². The number of nitrogens with two attached hydrogens (primary N) is 1. The van der Waals surface area contributed by atoms with Gasteiger partial charge in [0.15, 0.2) is 0 Å². The van der Waals surface area contributed by atoms with Crippen molar-refractivity contribution in [3.8, 4) is 11.1 Å². The molecular formula is C22H21N5. The Hall–Kier alpha value is -3.47. The van der Waals surface area contributed by atoms with Gasteiger partial charge in [-0.25, -0.2) is 9.97 Å². The van der Waals surface area contributed by atoms with E-state index in [0.717, 1.165) is 33.5 Å². The monoisotopic (exact) mass is 355 g/mol. The molecule has 1 atom stereocenters. The summed E-state index contributed by atoms with van der Waals surface area (Å²) in [5.41, 5.74) is 11.7. The van der Waals surface area contributed by atoms with E-state index < -0.39 is 0 Å². The van der Waals surface area contributed by atoms with E-state index in [1.165, 1.54) is 5.56 Å². The van der Waals surface area contributed by atoms with Crippen molar-refractivity contribution < 1.29 is 0 Å². The number of anilines is 2. The molecule has 134 valence electrons. The molecule has 0 bridgehead atoms. The van der Waals surface area contributed by atoms with Gasteiger partial charge in [-0.15, -0.1) is 0 Å². The number of hydrogen-bond acceptors (Lipinski definition) is 5. The molecule has 0 aliphatic carbocycles. The zero-order chi connectivity index (χ0) is 18.8. The van der Waals surface area contributed by atoms with Gasteiger partial charge < -0.3 is 11.1 Å². The Kier molecular flexibility index (Phi) is 4.42. The van der Waals surface area contributed by atoms with E-state index in [2.05, 4.69) is 45.4 Å². The molecule has 4 rings (SSSR count). The van der Waals surface area contributed by atoms with Crippen molar-refractivity contribution in [3.05, 3.63) is 78.4 Å². The molecule has 2 aromatic carbocycles. The van der Waals surface area contributed by atoms with Crippen LogP contribution in [-0.4, -0.2) is 15.0 Å². The summed E-state index contributed by atoms with van der Waals surface area (Å²) in [5.74, 6) is 0.811. The van der Waals surface area contributed by atoms with Gasteiger partial charge in [0.1, 0.15) is 12.1 Å². The highest BCUT2D eigenvalue weighted by molar-refractivity contribution is 5.92. The molecule has 4 aromatic rings. The van der Waals surface area contributed by atoms with E-state index in [4.69, 9.17) is 5.73 Å². The first-order valence-electron chi connectivity index (χ1n) is 8.90. The summed E-state index contributed by atoms with van der Waals surface area (Å²) in [6.45, 7) is 4.03. The predicted molar refractivity (Wildman–Crippen MR) is 110 cm³/mol. The second-order valence-corrected chi connectivity index (χ2v) is 6.63. The molecule has 27 heavy (non-hydrogen) atoms. The molecule has 2 heterocycles. The SMILES string of the molecule is Cc1ncc(-c2ccc3ncnc(NC(C)c4ccccc4)c3c2)cc1N. The molecule has 3 N–H and O–H groups in total. The number of rotatable bonds is 4. The molecule has 0 amide bonds. The average molecular weight is 355 g/mol. The van der Waals surface area contributed by atoms with Crippen LogP contribution in [-0.2, 0) is 0 Å². The Balaban J connectivity index is 1.74. The molecule has 0 spiro atoms. The summed E-state index contributed by atoms with van der Waals surface area (Å²) >= 11 is 0. The number of aromatic nitrogens is 3. The summed E-state index contributed by atoms with van der Waals surface area (Å²) in [7, 11) is 0. The van der Waals surface area contributed by atoms with Crippen LogP contribution >= 0.6 is 0 Å². The van der Waals surface area contributed by atoms with Crippen molar-refractivity contribution in [1.29, 1.82) is 0 Å². The lowest BCUT2D eigenvalue weighted by Crippen LogP contribution is -2.08. The maximum absolute atomic E-state index is 6.03. The highest BCUT2D eigenvalue weighted by Crippen LogP contribution is 2.29. The molecule has 5 nitrogen and oxygen atoms in total. The highest BCUT2D eigenvalue weighted by atomic mass is 15.0. The molecule has 0 radical (unpaired) electrons. The van der Waals surface area contributed by atoms with Crippen molar-refractivity contribution in [2.75, 3.05) is 11.1 Å². The minimum absolute atomic E-state index is 0.129. The van der Waals surface area contributed by atoms with Crippen LogP contribution in [0.5, 0.6) is 0 Å². The number of fused-ring (bicyclic) bond motifs is 1. The third kappa shape index (κ3) is 3.44. The molecule has 0 aliphatic rings. The Morgan fingerprint density at radius 1 is 0.926 bits per heavy atom. The maximum Gasteiger partial charge on any atom is 0.137 e. The van der Waals surface area contributed by atoms with Crippen LogP contribution in [0.3, 0.4) is 0 Å². The largest absolute Gasteiger partial charge is 0.397 e. The van der Waals surface area contributed by atoms with Crippen LogP contribution in [0, 0.1) is 6.92 Å². The van der Waals surface area contributed by atoms with Crippen molar-refractivity contribution in [1.82, 2.24) is 15.0 Å². The number of hydrogen-bond donors (Lipinski definition) is 2. The molecule has 1 unspecified atom stereocenters. The molecule has 0 saturated carbocycles. The zero-order valence-electron chi connectivity index (χ0n) is 15.3. The van der Waals surface area contributed by atoms with Crippen LogP contribution in [0.1, 0.15) is 24.2 Å². The van der Waals surface area contributed by atoms with Crippen LogP contribution in [0.4, 0.5) is 11.5 Å². The first kappa shape index (κ1) is 17.0. The predicted octanol–water partition coefficient (Wildman–Crippen LogP) is 4.76. The van der Waals surface area contributed by atoms with Gasteiger partial charge in [-0.1, -0.05) is 36.4 Å². The normalized spacial score (nSPS) is 12.1. The molecule has 5 heteroatoms. The number of pyridine rings is 1. The lowest BCUT2D eigenvalue weighted by atomic mass is 10.0. The average Bonchev–Trinajstić information content (AvgIpc) is 2.70. The fraction of sp³-hybridized carbons (Fsp3) is 0.136. The Morgan fingerprint density at radius 3 is 2.52 bits per heavy atom.